The molecule has 0 radical (unpaired) electrons. The van der Waals surface area contributed by atoms with Gasteiger partial charge in [0.25, 0.3) is 0 Å². The van der Waals surface area contributed by atoms with Crippen LogP contribution in [0.3, 0.4) is 0 Å². The smallest absolute Gasteiger partial charge is 0.243 e. The number of carbonyl (C=O) groups is 1. The number of hydroxylamine groups is 1. The summed E-state index contributed by atoms with van der Waals surface area (Å²) in [5.74, 6) is 1.56. The van der Waals surface area contributed by atoms with E-state index in [1.165, 1.54) is 109 Å². The summed E-state index contributed by atoms with van der Waals surface area (Å²) in [7, 11) is 0. The second-order valence-corrected chi connectivity index (χ2v) is 10.1. The van der Waals surface area contributed by atoms with Gasteiger partial charge in [0.05, 0.1) is 6.10 Å². The maximum absolute atomic E-state index is 12.4. The van der Waals surface area contributed by atoms with Gasteiger partial charge < -0.3 is 0 Å². The molecule has 166 valence electrons. The number of allylic oxidation sites excluding steroid dienone is 1. The third kappa shape index (κ3) is 9.24. The summed E-state index contributed by atoms with van der Waals surface area (Å²) < 4.78 is 0. The third-order valence-corrected chi connectivity index (χ3v) is 7.51. The number of nitrogens with one attached hydrogen (secondary N) is 1. The number of hydrogen-bond donors (Lipinski definition) is 1. The molecule has 3 nitrogen and oxygen atoms in total. The molecule has 29 heavy (non-hydrogen) atoms. The first-order valence-corrected chi connectivity index (χ1v) is 12.9. The van der Waals surface area contributed by atoms with Gasteiger partial charge in [-0.1, -0.05) is 88.7 Å². The summed E-state index contributed by atoms with van der Waals surface area (Å²) in [6.07, 6.45) is 28.0. The number of amides is 1. The Kier molecular flexibility index (Phi) is 10.6. The molecule has 0 saturated heterocycles. The van der Waals surface area contributed by atoms with Crippen LogP contribution in [0.5, 0.6) is 0 Å². The minimum atomic E-state index is 0.0975. The van der Waals surface area contributed by atoms with Gasteiger partial charge in [0.2, 0.25) is 5.91 Å². The lowest BCUT2D eigenvalue weighted by Gasteiger charge is -2.23. The summed E-state index contributed by atoms with van der Waals surface area (Å²) in [5, 5.41) is 0. The lowest BCUT2D eigenvalue weighted by molar-refractivity contribution is -0.140. The fourth-order valence-corrected chi connectivity index (χ4v) is 5.67. The minimum Gasteiger partial charge on any atom is -0.273 e. The van der Waals surface area contributed by atoms with Gasteiger partial charge in [-0.3, -0.25) is 9.63 Å². The molecule has 0 spiro atoms. The molecule has 1 atom stereocenters. The van der Waals surface area contributed by atoms with Crippen molar-refractivity contribution in [2.24, 2.45) is 11.8 Å². The number of rotatable bonds is 6. The molecule has 2 saturated carbocycles. The van der Waals surface area contributed by atoms with Crippen LogP contribution in [-0.4, -0.2) is 12.0 Å². The molecule has 0 aromatic carbocycles. The first-order valence-electron chi connectivity index (χ1n) is 12.9. The Morgan fingerprint density at radius 3 is 2.07 bits per heavy atom. The lowest BCUT2D eigenvalue weighted by atomic mass is 9.88. The highest BCUT2D eigenvalue weighted by Crippen LogP contribution is 2.31. The Balaban J connectivity index is 1.39. The summed E-state index contributed by atoms with van der Waals surface area (Å²) in [4.78, 5) is 18.3. The quantitative estimate of drug-likeness (QED) is 0.285. The maximum Gasteiger partial charge on any atom is 0.243 e. The van der Waals surface area contributed by atoms with Crippen LogP contribution in [0.1, 0.15) is 128 Å². The van der Waals surface area contributed by atoms with E-state index in [-0.39, 0.29) is 12.0 Å². The van der Waals surface area contributed by atoms with Gasteiger partial charge in [0.15, 0.2) is 0 Å². The topological polar surface area (TPSA) is 38.3 Å². The van der Waals surface area contributed by atoms with Crippen molar-refractivity contribution >= 4 is 5.91 Å². The standard InChI is InChI=1S/C26H45NO2/c28-26(21-23-14-6-2-1-3-7-15-23)27-29-25-17-11-10-16-24(18-19-25)20-22-12-8-4-5-9-13-22/h18,22-23,25H,1-17,19-21H2,(H,27,28)/b24-18+. The van der Waals surface area contributed by atoms with Crippen LogP contribution in [0.25, 0.3) is 0 Å². The van der Waals surface area contributed by atoms with E-state index in [1.807, 2.05) is 0 Å². The molecule has 0 aliphatic heterocycles. The van der Waals surface area contributed by atoms with Crippen LogP contribution in [0.15, 0.2) is 11.6 Å². The van der Waals surface area contributed by atoms with Crippen LogP contribution < -0.4 is 5.48 Å². The molecule has 0 aromatic rings. The van der Waals surface area contributed by atoms with Crippen molar-refractivity contribution < 1.29 is 9.63 Å². The average molecular weight is 404 g/mol. The Bertz CT molecular complexity index is 485. The van der Waals surface area contributed by atoms with Crippen LogP contribution >= 0.6 is 0 Å². The van der Waals surface area contributed by atoms with Crippen molar-refractivity contribution in [3.63, 3.8) is 0 Å². The van der Waals surface area contributed by atoms with Crippen LogP contribution in [0, 0.1) is 11.8 Å². The number of hydrogen-bond acceptors (Lipinski definition) is 2. The number of carbonyl (C=O) groups excluding carboxylic acids is 1. The predicted molar refractivity (Wildman–Crippen MR) is 120 cm³/mol. The molecular weight excluding hydrogens is 358 g/mol. The zero-order chi connectivity index (χ0) is 20.2. The van der Waals surface area contributed by atoms with Gasteiger partial charge in [0.1, 0.15) is 0 Å². The summed E-state index contributed by atoms with van der Waals surface area (Å²) >= 11 is 0. The highest BCUT2D eigenvalue weighted by Gasteiger charge is 2.19. The molecule has 2 fully saturated rings. The normalized spacial score (nSPS) is 28.1. The average Bonchev–Trinajstić information content (AvgIpc) is 2.94. The second-order valence-electron chi connectivity index (χ2n) is 10.1. The van der Waals surface area contributed by atoms with E-state index in [0.717, 1.165) is 18.8 Å². The molecule has 3 heteroatoms. The molecule has 1 N–H and O–H groups in total. The zero-order valence-electron chi connectivity index (χ0n) is 18.8. The third-order valence-electron chi connectivity index (χ3n) is 7.51. The Morgan fingerprint density at radius 2 is 1.38 bits per heavy atom. The van der Waals surface area contributed by atoms with Crippen molar-refractivity contribution in [3.8, 4) is 0 Å². The molecule has 3 aliphatic rings. The van der Waals surface area contributed by atoms with Crippen molar-refractivity contribution in [2.45, 2.75) is 135 Å². The van der Waals surface area contributed by atoms with Crippen molar-refractivity contribution in [3.05, 3.63) is 11.6 Å². The fraction of sp³-hybridized carbons (Fsp3) is 0.885. The molecule has 1 amide bonds. The molecular formula is C26H45NO2. The summed E-state index contributed by atoms with van der Waals surface area (Å²) in [6.45, 7) is 0. The monoisotopic (exact) mass is 403 g/mol. The first kappa shape index (κ1) is 22.8. The van der Waals surface area contributed by atoms with Crippen molar-refractivity contribution in [1.29, 1.82) is 0 Å². The Labute approximate surface area is 179 Å². The van der Waals surface area contributed by atoms with E-state index in [2.05, 4.69) is 11.6 Å². The van der Waals surface area contributed by atoms with Gasteiger partial charge in [-0.15, -0.1) is 0 Å². The summed E-state index contributed by atoms with van der Waals surface area (Å²) in [6, 6.07) is 0. The van der Waals surface area contributed by atoms with E-state index < -0.39 is 0 Å². The van der Waals surface area contributed by atoms with Gasteiger partial charge in [-0.05, 0) is 56.8 Å². The Hall–Kier alpha value is -0.830. The highest BCUT2D eigenvalue weighted by molar-refractivity contribution is 5.75. The molecule has 1 unspecified atom stereocenters. The molecule has 3 rings (SSSR count). The second kappa shape index (κ2) is 13.5. The molecule has 0 bridgehead atoms. The van der Waals surface area contributed by atoms with Gasteiger partial charge >= 0.3 is 0 Å². The van der Waals surface area contributed by atoms with E-state index in [9.17, 15) is 4.79 Å². The fourth-order valence-electron chi connectivity index (χ4n) is 5.67. The SMILES string of the molecule is O=C(CC1CCCCCCC1)NOC1C/C=C(/CC2CCCCCC2)CCCC1. The first-order chi connectivity index (χ1) is 14.3. The van der Waals surface area contributed by atoms with Gasteiger partial charge in [-0.25, -0.2) is 5.48 Å². The molecule has 3 aliphatic carbocycles. The maximum atomic E-state index is 12.4. The highest BCUT2D eigenvalue weighted by atomic mass is 16.7. The van der Waals surface area contributed by atoms with Crippen LogP contribution in [0.2, 0.25) is 0 Å². The van der Waals surface area contributed by atoms with E-state index in [1.54, 1.807) is 5.57 Å². The predicted octanol–water partition coefficient (Wildman–Crippen LogP) is 7.40. The van der Waals surface area contributed by atoms with Gasteiger partial charge in [-0.2, -0.15) is 0 Å². The molecule has 0 heterocycles. The van der Waals surface area contributed by atoms with E-state index in [0.29, 0.717) is 12.3 Å². The minimum absolute atomic E-state index is 0.0975. The van der Waals surface area contributed by atoms with Crippen molar-refractivity contribution in [1.82, 2.24) is 5.48 Å². The molecule has 0 aromatic heterocycles. The van der Waals surface area contributed by atoms with E-state index >= 15 is 0 Å². The largest absolute Gasteiger partial charge is 0.273 e. The van der Waals surface area contributed by atoms with Crippen LogP contribution in [-0.2, 0) is 9.63 Å². The van der Waals surface area contributed by atoms with E-state index in [4.69, 9.17) is 4.84 Å². The summed E-state index contributed by atoms with van der Waals surface area (Å²) in [5.41, 5.74) is 4.48. The Morgan fingerprint density at radius 1 is 0.793 bits per heavy atom. The van der Waals surface area contributed by atoms with Gasteiger partial charge in [0, 0.05) is 6.42 Å². The zero-order valence-corrected chi connectivity index (χ0v) is 18.8. The van der Waals surface area contributed by atoms with Crippen molar-refractivity contribution in [2.75, 3.05) is 0 Å². The van der Waals surface area contributed by atoms with Crippen LogP contribution in [0.4, 0.5) is 0 Å². The lowest BCUT2D eigenvalue weighted by Crippen LogP contribution is -2.31.